The van der Waals surface area contributed by atoms with Gasteiger partial charge in [-0.15, -0.1) is 0 Å². The first kappa shape index (κ1) is 25.8. The van der Waals surface area contributed by atoms with Gasteiger partial charge >= 0.3 is 190 Å². The van der Waals surface area contributed by atoms with Crippen molar-refractivity contribution in [3.63, 3.8) is 0 Å². The monoisotopic (exact) mass is 512 g/mol. The second-order valence-corrected chi connectivity index (χ2v) is 14.6. The van der Waals surface area contributed by atoms with Gasteiger partial charge in [0.1, 0.15) is 0 Å². The molecule has 0 saturated carbocycles. The minimum atomic E-state index is 0.135. The van der Waals surface area contributed by atoms with Gasteiger partial charge < -0.3 is 0 Å². The summed E-state index contributed by atoms with van der Waals surface area (Å²) in [5, 5.41) is 2.80. The SMILES string of the molecule is C=C(C)C(=O)SCCCSCC1CCC(SCC(C)SC(=O)C(=C)C)C[Se]1. The molecule has 0 aromatic carbocycles. The third kappa shape index (κ3) is 12.1. The third-order valence-corrected chi connectivity index (χ3v) is 13.1. The molecule has 0 amide bonds. The predicted molar refractivity (Wildman–Crippen MR) is 131 cm³/mol. The molecular weight excluding hydrogens is 479 g/mol. The zero-order valence-corrected chi connectivity index (χ0v) is 21.6. The van der Waals surface area contributed by atoms with E-state index in [1.54, 1.807) is 13.8 Å². The van der Waals surface area contributed by atoms with Crippen LogP contribution in [0.25, 0.3) is 0 Å². The van der Waals surface area contributed by atoms with E-state index in [1.165, 1.54) is 47.4 Å². The summed E-state index contributed by atoms with van der Waals surface area (Å²) in [7, 11) is 0. The molecule has 2 nitrogen and oxygen atoms in total. The van der Waals surface area contributed by atoms with E-state index >= 15 is 0 Å². The number of rotatable bonds is 12. The normalized spacial score (nSPS) is 20.9. The van der Waals surface area contributed by atoms with E-state index < -0.39 is 0 Å². The van der Waals surface area contributed by atoms with Crippen LogP contribution in [0.4, 0.5) is 0 Å². The molecule has 0 bridgehead atoms. The van der Waals surface area contributed by atoms with Crippen LogP contribution in [-0.2, 0) is 9.59 Å². The van der Waals surface area contributed by atoms with Crippen LogP contribution < -0.4 is 0 Å². The summed E-state index contributed by atoms with van der Waals surface area (Å²) in [6, 6.07) is 0. The zero-order chi connectivity index (χ0) is 20.2. The number of thioether (sulfide) groups is 4. The van der Waals surface area contributed by atoms with Crippen LogP contribution in [0, 0.1) is 0 Å². The van der Waals surface area contributed by atoms with E-state index in [1.807, 2.05) is 0 Å². The number of hydrogen-bond acceptors (Lipinski definition) is 6. The summed E-state index contributed by atoms with van der Waals surface area (Å²) >= 11 is 7.71. The molecule has 1 heterocycles. The average Bonchev–Trinajstić information content (AvgIpc) is 2.63. The van der Waals surface area contributed by atoms with Crippen LogP contribution in [-0.4, -0.2) is 58.7 Å². The third-order valence-electron chi connectivity index (χ3n) is 3.87. The van der Waals surface area contributed by atoms with Crippen molar-refractivity contribution in [3.05, 3.63) is 24.3 Å². The van der Waals surface area contributed by atoms with Crippen molar-refractivity contribution in [1.29, 1.82) is 0 Å². The van der Waals surface area contributed by atoms with E-state index in [0.717, 1.165) is 48.7 Å². The second-order valence-electron chi connectivity index (χ2n) is 6.83. The maximum atomic E-state index is 11.7. The second kappa shape index (κ2) is 14.7. The Morgan fingerprint density at radius 1 is 1.11 bits per heavy atom. The fraction of sp³-hybridized carbons (Fsp3) is 0.700. The van der Waals surface area contributed by atoms with E-state index in [2.05, 4.69) is 43.6 Å². The van der Waals surface area contributed by atoms with Gasteiger partial charge in [0, 0.05) is 0 Å². The Balaban J connectivity index is 2.04. The molecule has 1 aliphatic heterocycles. The summed E-state index contributed by atoms with van der Waals surface area (Å²) < 4.78 is 0. The molecule has 7 heteroatoms. The molecule has 0 aliphatic carbocycles. The molecular formula is C20H32O2S4Se. The van der Waals surface area contributed by atoms with Crippen molar-refractivity contribution in [2.45, 2.75) is 60.7 Å². The molecule has 27 heavy (non-hydrogen) atoms. The summed E-state index contributed by atoms with van der Waals surface area (Å²) in [5.74, 6) is 4.42. The van der Waals surface area contributed by atoms with E-state index in [4.69, 9.17) is 0 Å². The molecule has 1 saturated heterocycles. The number of carbonyl (C=O) groups is 2. The Labute approximate surface area is 188 Å². The molecule has 0 aromatic heterocycles. The average molecular weight is 512 g/mol. The summed E-state index contributed by atoms with van der Waals surface area (Å²) in [4.78, 5) is 24.1. The molecule has 154 valence electrons. The van der Waals surface area contributed by atoms with Gasteiger partial charge in [-0.05, 0) is 0 Å². The van der Waals surface area contributed by atoms with Crippen LogP contribution >= 0.6 is 47.0 Å². The van der Waals surface area contributed by atoms with Crippen LogP contribution in [0.15, 0.2) is 24.3 Å². The van der Waals surface area contributed by atoms with Crippen molar-refractivity contribution in [2.24, 2.45) is 0 Å². The number of carbonyl (C=O) groups excluding carboxylic acids is 2. The predicted octanol–water partition coefficient (Wildman–Crippen LogP) is 5.98. The standard InChI is InChI=1S/C20H32O2S4Se/c1-14(2)19(21)24-10-6-9-23-12-18-8-7-17(13-27-18)25-11-16(5)26-20(22)15(3)4/h16-18H,1,3,6-13H2,2,4-5H3. The van der Waals surface area contributed by atoms with Crippen molar-refractivity contribution in [2.75, 3.05) is 23.0 Å². The number of hydrogen-bond donors (Lipinski definition) is 0. The van der Waals surface area contributed by atoms with Gasteiger partial charge in [-0.1, -0.05) is 0 Å². The van der Waals surface area contributed by atoms with Crippen LogP contribution in [0.5, 0.6) is 0 Å². The topological polar surface area (TPSA) is 34.1 Å². The molecule has 1 aliphatic rings. The molecule has 0 N–H and O–H groups in total. The molecule has 0 radical (unpaired) electrons. The summed E-state index contributed by atoms with van der Waals surface area (Å²) in [5.41, 5.74) is 1.31. The van der Waals surface area contributed by atoms with Gasteiger partial charge in [0.15, 0.2) is 0 Å². The van der Waals surface area contributed by atoms with E-state index in [0.29, 0.717) is 16.4 Å². The fourth-order valence-electron chi connectivity index (χ4n) is 2.30. The van der Waals surface area contributed by atoms with Crippen molar-refractivity contribution in [3.8, 4) is 0 Å². The molecule has 0 aromatic rings. The van der Waals surface area contributed by atoms with Crippen LogP contribution in [0.3, 0.4) is 0 Å². The summed E-state index contributed by atoms with van der Waals surface area (Å²) in [6.07, 6.45) is 3.79. The van der Waals surface area contributed by atoms with E-state index in [-0.39, 0.29) is 10.2 Å². The molecule has 3 unspecified atom stereocenters. The molecule has 1 rings (SSSR count). The van der Waals surface area contributed by atoms with Gasteiger partial charge in [-0.25, -0.2) is 0 Å². The van der Waals surface area contributed by atoms with Crippen molar-refractivity contribution >= 4 is 72.2 Å². The summed E-state index contributed by atoms with van der Waals surface area (Å²) in [6.45, 7) is 13.1. The van der Waals surface area contributed by atoms with Gasteiger partial charge in [0.2, 0.25) is 0 Å². The van der Waals surface area contributed by atoms with Crippen LogP contribution in [0.2, 0.25) is 10.1 Å². The Kier molecular flexibility index (Phi) is 14.0. The van der Waals surface area contributed by atoms with Gasteiger partial charge in [0.25, 0.3) is 0 Å². The van der Waals surface area contributed by atoms with Gasteiger partial charge in [0.05, 0.1) is 0 Å². The van der Waals surface area contributed by atoms with Gasteiger partial charge in [-0.3, -0.25) is 0 Å². The Morgan fingerprint density at radius 2 is 1.81 bits per heavy atom. The molecule has 0 spiro atoms. The Hall–Kier alpha value is 0.739. The molecule has 1 fully saturated rings. The van der Waals surface area contributed by atoms with E-state index in [9.17, 15) is 9.59 Å². The molecule has 3 atom stereocenters. The zero-order valence-electron chi connectivity index (χ0n) is 16.7. The van der Waals surface area contributed by atoms with Crippen molar-refractivity contribution in [1.82, 2.24) is 0 Å². The maximum absolute atomic E-state index is 11.7. The van der Waals surface area contributed by atoms with Gasteiger partial charge in [-0.2, -0.15) is 0 Å². The quantitative estimate of drug-likeness (QED) is 0.182. The minimum absolute atomic E-state index is 0.135. The first-order valence-electron chi connectivity index (χ1n) is 9.29. The Morgan fingerprint density at radius 3 is 2.41 bits per heavy atom. The first-order valence-corrected chi connectivity index (χ1v) is 15.6. The van der Waals surface area contributed by atoms with Crippen molar-refractivity contribution < 1.29 is 9.59 Å². The van der Waals surface area contributed by atoms with Crippen LogP contribution in [0.1, 0.15) is 40.0 Å². The fourth-order valence-corrected chi connectivity index (χ4v) is 10.5. The first-order chi connectivity index (χ1) is 12.8. The Bertz CT molecular complexity index is 516.